The Morgan fingerprint density at radius 2 is 2.00 bits per heavy atom. The van der Waals surface area contributed by atoms with Gasteiger partial charge in [-0.3, -0.25) is 4.79 Å². The van der Waals surface area contributed by atoms with Crippen LogP contribution in [0, 0.1) is 6.92 Å². The molecule has 98 valence electrons. The number of para-hydroxylation sites is 1. The number of carboxylic acid groups (broad SMARTS) is 1. The van der Waals surface area contributed by atoms with Crippen LogP contribution in [0.4, 0.5) is 5.69 Å². The maximum Gasteiger partial charge on any atom is 0.305 e. The first kappa shape index (κ1) is 12.9. The minimum Gasteiger partial charge on any atom is -0.481 e. The summed E-state index contributed by atoms with van der Waals surface area (Å²) in [5.74, 6) is -0.716. The van der Waals surface area contributed by atoms with Gasteiger partial charge in [0.1, 0.15) is 0 Å². The molecule has 3 nitrogen and oxygen atoms in total. The lowest BCUT2D eigenvalue weighted by atomic mass is 10.1. The van der Waals surface area contributed by atoms with Gasteiger partial charge >= 0.3 is 5.97 Å². The number of aryl methyl sites for hydroxylation is 1. The smallest absolute Gasteiger partial charge is 0.305 e. The number of benzene rings is 1. The monoisotopic (exact) mass is 247 g/mol. The Morgan fingerprint density at radius 1 is 1.33 bits per heavy atom. The lowest BCUT2D eigenvalue weighted by Crippen LogP contribution is -2.35. The average Bonchev–Trinajstić information content (AvgIpc) is 2.85. The summed E-state index contributed by atoms with van der Waals surface area (Å²) in [4.78, 5) is 13.1. The molecule has 0 unspecified atom stereocenters. The van der Waals surface area contributed by atoms with Crippen LogP contribution >= 0.6 is 0 Å². The Morgan fingerprint density at radius 3 is 2.61 bits per heavy atom. The molecular weight excluding hydrogens is 226 g/mol. The minimum atomic E-state index is -0.716. The highest BCUT2D eigenvalue weighted by Gasteiger charge is 2.24. The highest BCUT2D eigenvalue weighted by Crippen LogP contribution is 2.30. The van der Waals surface area contributed by atoms with Crippen LogP contribution in [-0.2, 0) is 4.79 Å². The molecule has 0 spiro atoms. The SMILES string of the molecule is Cc1ccccc1N(CCC(=O)O)C1CCCC1. The fraction of sp³-hybridized carbons (Fsp3) is 0.533. The van der Waals surface area contributed by atoms with Crippen LogP contribution in [0.1, 0.15) is 37.7 Å². The number of carboxylic acids is 1. The van der Waals surface area contributed by atoms with Crippen LogP contribution < -0.4 is 4.90 Å². The van der Waals surface area contributed by atoms with Gasteiger partial charge in [0.25, 0.3) is 0 Å². The van der Waals surface area contributed by atoms with E-state index >= 15 is 0 Å². The van der Waals surface area contributed by atoms with Crippen LogP contribution in [0.2, 0.25) is 0 Å². The molecule has 1 aromatic rings. The Hall–Kier alpha value is -1.51. The van der Waals surface area contributed by atoms with Crippen LogP contribution in [0.5, 0.6) is 0 Å². The molecule has 18 heavy (non-hydrogen) atoms. The van der Waals surface area contributed by atoms with Crippen LogP contribution in [-0.4, -0.2) is 23.7 Å². The topological polar surface area (TPSA) is 40.5 Å². The zero-order valence-corrected chi connectivity index (χ0v) is 10.9. The number of aliphatic carboxylic acids is 1. The third-order valence-corrected chi connectivity index (χ3v) is 3.76. The van der Waals surface area contributed by atoms with Gasteiger partial charge in [-0.15, -0.1) is 0 Å². The van der Waals surface area contributed by atoms with Crippen molar-refractivity contribution in [2.75, 3.05) is 11.4 Å². The maximum absolute atomic E-state index is 10.8. The van der Waals surface area contributed by atoms with Gasteiger partial charge in [0, 0.05) is 18.3 Å². The number of rotatable bonds is 5. The van der Waals surface area contributed by atoms with Crippen molar-refractivity contribution in [2.24, 2.45) is 0 Å². The predicted molar refractivity (Wildman–Crippen MR) is 73.0 cm³/mol. The first-order valence-electron chi connectivity index (χ1n) is 6.72. The third kappa shape index (κ3) is 3.03. The molecule has 1 N–H and O–H groups in total. The van der Waals surface area contributed by atoms with Gasteiger partial charge in [0.2, 0.25) is 0 Å². The van der Waals surface area contributed by atoms with E-state index in [2.05, 4.69) is 24.0 Å². The molecule has 3 heteroatoms. The summed E-state index contributed by atoms with van der Waals surface area (Å²) in [6.45, 7) is 2.71. The lowest BCUT2D eigenvalue weighted by Gasteiger charge is -2.32. The molecule has 0 saturated heterocycles. The highest BCUT2D eigenvalue weighted by atomic mass is 16.4. The van der Waals surface area contributed by atoms with E-state index < -0.39 is 5.97 Å². The summed E-state index contributed by atoms with van der Waals surface area (Å²) >= 11 is 0. The first-order valence-corrected chi connectivity index (χ1v) is 6.72. The molecule has 1 aliphatic rings. The van der Waals surface area contributed by atoms with Crippen molar-refractivity contribution >= 4 is 11.7 Å². The molecule has 0 radical (unpaired) electrons. The summed E-state index contributed by atoms with van der Waals surface area (Å²) in [5, 5.41) is 8.89. The zero-order chi connectivity index (χ0) is 13.0. The van der Waals surface area contributed by atoms with Gasteiger partial charge in [-0.2, -0.15) is 0 Å². The van der Waals surface area contributed by atoms with Crippen molar-refractivity contribution in [1.82, 2.24) is 0 Å². The Kier molecular flexibility index (Phi) is 4.24. The third-order valence-electron chi connectivity index (χ3n) is 3.76. The standard InChI is InChI=1S/C15H21NO2/c1-12-6-2-5-9-14(12)16(11-10-15(17)18)13-7-3-4-8-13/h2,5-6,9,13H,3-4,7-8,10-11H2,1H3,(H,17,18). The minimum absolute atomic E-state index is 0.213. The van der Waals surface area contributed by atoms with E-state index in [1.807, 2.05) is 12.1 Å². The van der Waals surface area contributed by atoms with Crippen molar-refractivity contribution < 1.29 is 9.90 Å². The van der Waals surface area contributed by atoms with Crippen molar-refractivity contribution in [1.29, 1.82) is 0 Å². The molecule has 1 aromatic carbocycles. The number of carbonyl (C=O) groups is 1. The Balaban J connectivity index is 2.17. The second-order valence-corrected chi connectivity index (χ2v) is 5.06. The van der Waals surface area contributed by atoms with Gasteiger partial charge in [-0.1, -0.05) is 31.0 Å². The molecule has 0 bridgehead atoms. The molecule has 0 atom stereocenters. The van der Waals surface area contributed by atoms with E-state index in [4.69, 9.17) is 5.11 Å². The van der Waals surface area contributed by atoms with Gasteiger partial charge in [-0.05, 0) is 31.4 Å². The fourth-order valence-electron chi connectivity index (χ4n) is 2.82. The predicted octanol–water partition coefficient (Wildman–Crippen LogP) is 3.22. The van der Waals surface area contributed by atoms with E-state index in [0.29, 0.717) is 12.6 Å². The maximum atomic E-state index is 10.8. The first-order chi connectivity index (χ1) is 8.68. The zero-order valence-electron chi connectivity index (χ0n) is 10.9. The number of hydrogen-bond donors (Lipinski definition) is 1. The number of hydrogen-bond acceptors (Lipinski definition) is 2. The van der Waals surface area contributed by atoms with E-state index in [-0.39, 0.29) is 6.42 Å². The van der Waals surface area contributed by atoms with E-state index in [9.17, 15) is 4.79 Å². The number of nitrogens with zero attached hydrogens (tertiary/aromatic N) is 1. The summed E-state index contributed by atoms with van der Waals surface area (Å²) in [7, 11) is 0. The van der Waals surface area contributed by atoms with Gasteiger partial charge in [0.15, 0.2) is 0 Å². The van der Waals surface area contributed by atoms with E-state index in [1.165, 1.54) is 36.9 Å². The van der Waals surface area contributed by atoms with Crippen molar-refractivity contribution in [3.05, 3.63) is 29.8 Å². The summed E-state index contributed by atoms with van der Waals surface area (Å²) in [5.41, 5.74) is 2.43. The number of anilines is 1. The second-order valence-electron chi connectivity index (χ2n) is 5.06. The fourth-order valence-corrected chi connectivity index (χ4v) is 2.82. The van der Waals surface area contributed by atoms with Gasteiger partial charge < -0.3 is 10.0 Å². The van der Waals surface area contributed by atoms with Crippen molar-refractivity contribution in [3.63, 3.8) is 0 Å². The molecule has 0 aliphatic heterocycles. The summed E-state index contributed by atoms with van der Waals surface area (Å²) in [6.07, 6.45) is 5.12. The summed E-state index contributed by atoms with van der Waals surface area (Å²) in [6, 6.07) is 8.78. The summed E-state index contributed by atoms with van der Waals surface area (Å²) < 4.78 is 0. The Labute approximate surface area is 108 Å². The van der Waals surface area contributed by atoms with Gasteiger partial charge in [-0.25, -0.2) is 0 Å². The highest BCUT2D eigenvalue weighted by molar-refractivity contribution is 5.68. The molecule has 2 rings (SSSR count). The second kappa shape index (κ2) is 5.89. The largest absolute Gasteiger partial charge is 0.481 e. The van der Waals surface area contributed by atoms with Crippen LogP contribution in [0.3, 0.4) is 0 Å². The Bertz CT molecular complexity index is 411. The molecule has 0 amide bonds. The molecule has 0 aromatic heterocycles. The molecular formula is C15H21NO2. The lowest BCUT2D eigenvalue weighted by molar-refractivity contribution is -0.136. The molecule has 1 fully saturated rings. The molecule has 0 heterocycles. The normalized spacial score (nSPS) is 15.8. The quantitative estimate of drug-likeness (QED) is 0.868. The van der Waals surface area contributed by atoms with Crippen LogP contribution in [0.25, 0.3) is 0 Å². The van der Waals surface area contributed by atoms with Crippen molar-refractivity contribution in [3.8, 4) is 0 Å². The van der Waals surface area contributed by atoms with Crippen molar-refractivity contribution in [2.45, 2.75) is 45.1 Å². The van der Waals surface area contributed by atoms with Crippen LogP contribution in [0.15, 0.2) is 24.3 Å². The van der Waals surface area contributed by atoms with Gasteiger partial charge in [0.05, 0.1) is 6.42 Å². The molecule has 1 aliphatic carbocycles. The molecule has 1 saturated carbocycles. The van der Waals surface area contributed by atoms with E-state index in [1.54, 1.807) is 0 Å². The average molecular weight is 247 g/mol. The van der Waals surface area contributed by atoms with E-state index in [0.717, 1.165) is 0 Å².